The molecule has 0 aliphatic carbocycles. The lowest BCUT2D eigenvalue weighted by Gasteiger charge is -2.05. The Labute approximate surface area is 108 Å². The molecule has 2 rings (SSSR count). The monoisotopic (exact) mass is 266 g/mol. The van der Waals surface area contributed by atoms with E-state index >= 15 is 0 Å². The number of halogens is 2. The number of nitrogen functional groups attached to an aromatic ring is 1. The number of alkyl halides is 2. The first-order valence-electron chi connectivity index (χ1n) is 5.34. The maximum atomic E-state index is 12.2. The Morgan fingerprint density at radius 1 is 1.11 bits per heavy atom. The Kier molecular flexibility index (Phi) is 3.81. The molecule has 5 heteroatoms. The molecular formula is C13H12F2N2S. The van der Waals surface area contributed by atoms with Crippen molar-refractivity contribution < 1.29 is 8.78 Å². The molecule has 1 aromatic heterocycles. The van der Waals surface area contributed by atoms with E-state index < -0.39 is 5.76 Å². The van der Waals surface area contributed by atoms with E-state index in [4.69, 9.17) is 5.73 Å². The van der Waals surface area contributed by atoms with Crippen molar-refractivity contribution in [1.82, 2.24) is 4.98 Å². The second kappa shape index (κ2) is 5.35. The Hall–Kier alpha value is -1.62. The topological polar surface area (TPSA) is 38.9 Å². The highest BCUT2D eigenvalue weighted by Gasteiger charge is 2.06. The van der Waals surface area contributed by atoms with E-state index in [1.54, 1.807) is 30.3 Å². The Balaban J connectivity index is 2.25. The zero-order valence-electron chi connectivity index (χ0n) is 9.73. The highest BCUT2D eigenvalue weighted by Crippen LogP contribution is 2.27. The van der Waals surface area contributed by atoms with Crippen LogP contribution in [0.2, 0.25) is 0 Å². The average Bonchev–Trinajstić information content (AvgIpc) is 2.33. The fourth-order valence-corrected chi connectivity index (χ4v) is 2.04. The van der Waals surface area contributed by atoms with Crippen LogP contribution in [0.25, 0.3) is 11.3 Å². The van der Waals surface area contributed by atoms with Gasteiger partial charge in [-0.25, -0.2) is 0 Å². The Morgan fingerprint density at radius 2 is 1.78 bits per heavy atom. The van der Waals surface area contributed by atoms with E-state index in [-0.39, 0.29) is 0 Å². The van der Waals surface area contributed by atoms with E-state index in [1.165, 1.54) is 0 Å². The van der Waals surface area contributed by atoms with Crippen molar-refractivity contribution in [3.8, 4) is 11.3 Å². The number of hydrogen-bond donors (Lipinski definition) is 1. The quantitative estimate of drug-likeness (QED) is 0.855. The van der Waals surface area contributed by atoms with Gasteiger partial charge in [-0.2, -0.15) is 8.78 Å². The standard InChI is InChI=1S/C13H12F2N2S/c1-8-11(16)6-7-12(17-8)9-2-4-10(5-3-9)18-13(14)15/h2-7,13H,16H2,1H3. The summed E-state index contributed by atoms with van der Waals surface area (Å²) >= 11 is 0.534. The highest BCUT2D eigenvalue weighted by atomic mass is 32.2. The molecule has 0 bridgehead atoms. The molecule has 0 atom stereocenters. The normalized spacial score (nSPS) is 10.9. The first-order valence-corrected chi connectivity index (χ1v) is 6.22. The van der Waals surface area contributed by atoms with Crippen molar-refractivity contribution in [2.24, 2.45) is 0 Å². The van der Waals surface area contributed by atoms with Crippen molar-refractivity contribution in [3.05, 3.63) is 42.1 Å². The number of aromatic nitrogens is 1. The minimum absolute atomic E-state index is 0.534. The van der Waals surface area contributed by atoms with Gasteiger partial charge in [-0.1, -0.05) is 23.9 Å². The van der Waals surface area contributed by atoms with E-state index in [9.17, 15) is 8.78 Å². The van der Waals surface area contributed by atoms with Crippen LogP contribution >= 0.6 is 11.8 Å². The van der Waals surface area contributed by atoms with Gasteiger partial charge in [0.25, 0.3) is 5.76 Å². The molecule has 94 valence electrons. The predicted molar refractivity (Wildman–Crippen MR) is 70.7 cm³/mol. The fraction of sp³-hybridized carbons (Fsp3) is 0.154. The maximum absolute atomic E-state index is 12.2. The van der Waals surface area contributed by atoms with Gasteiger partial charge < -0.3 is 5.73 Å². The third-order valence-electron chi connectivity index (χ3n) is 2.50. The van der Waals surface area contributed by atoms with Crippen molar-refractivity contribution in [2.75, 3.05) is 5.73 Å². The summed E-state index contributed by atoms with van der Waals surface area (Å²) in [5, 5.41) is 0. The Morgan fingerprint density at radius 3 is 2.33 bits per heavy atom. The zero-order valence-corrected chi connectivity index (χ0v) is 10.5. The van der Waals surface area contributed by atoms with E-state index in [2.05, 4.69) is 4.98 Å². The number of hydrogen-bond acceptors (Lipinski definition) is 3. The number of anilines is 1. The summed E-state index contributed by atoms with van der Waals surface area (Å²) in [5.41, 5.74) is 8.77. The van der Waals surface area contributed by atoms with Gasteiger partial charge in [-0.05, 0) is 31.2 Å². The molecule has 0 amide bonds. The van der Waals surface area contributed by atoms with Crippen LogP contribution in [0.4, 0.5) is 14.5 Å². The van der Waals surface area contributed by atoms with E-state index in [0.29, 0.717) is 22.3 Å². The van der Waals surface area contributed by atoms with Crippen molar-refractivity contribution >= 4 is 17.4 Å². The van der Waals surface area contributed by atoms with Crippen LogP contribution in [-0.4, -0.2) is 10.7 Å². The molecule has 2 N–H and O–H groups in total. The minimum Gasteiger partial charge on any atom is -0.397 e. The third-order valence-corrected chi connectivity index (χ3v) is 3.22. The molecule has 0 aliphatic heterocycles. The lowest BCUT2D eigenvalue weighted by molar-refractivity contribution is 0.252. The molecule has 2 aromatic rings. The number of nitrogens with zero attached hydrogens (tertiary/aromatic N) is 1. The van der Waals surface area contributed by atoms with Gasteiger partial charge in [0, 0.05) is 10.5 Å². The maximum Gasteiger partial charge on any atom is 0.288 e. The minimum atomic E-state index is -2.40. The molecular weight excluding hydrogens is 254 g/mol. The van der Waals surface area contributed by atoms with Crippen LogP contribution in [0.3, 0.4) is 0 Å². The molecule has 0 saturated heterocycles. The molecule has 2 nitrogen and oxygen atoms in total. The summed E-state index contributed by atoms with van der Waals surface area (Å²) < 4.78 is 24.4. The molecule has 0 spiro atoms. The van der Waals surface area contributed by atoms with Crippen molar-refractivity contribution in [3.63, 3.8) is 0 Å². The van der Waals surface area contributed by atoms with Crippen LogP contribution < -0.4 is 5.73 Å². The van der Waals surface area contributed by atoms with Gasteiger partial charge in [-0.15, -0.1) is 0 Å². The third kappa shape index (κ3) is 2.98. The fourth-order valence-electron chi connectivity index (χ4n) is 1.54. The van der Waals surface area contributed by atoms with Crippen LogP contribution in [-0.2, 0) is 0 Å². The molecule has 18 heavy (non-hydrogen) atoms. The average molecular weight is 266 g/mol. The second-order valence-corrected chi connectivity index (χ2v) is 4.84. The smallest absolute Gasteiger partial charge is 0.288 e. The number of benzene rings is 1. The van der Waals surface area contributed by atoms with Gasteiger partial charge >= 0.3 is 0 Å². The summed E-state index contributed by atoms with van der Waals surface area (Å²) in [6.45, 7) is 1.83. The molecule has 0 aliphatic rings. The number of thioether (sulfide) groups is 1. The molecule has 0 unspecified atom stereocenters. The first kappa shape index (κ1) is 12.8. The van der Waals surface area contributed by atoms with Crippen LogP contribution in [0, 0.1) is 6.92 Å². The highest BCUT2D eigenvalue weighted by molar-refractivity contribution is 7.99. The first-order chi connectivity index (χ1) is 8.56. The van der Waals surface area contributed by atoms with E-state index in [0.717, 1.165) is 17.0 Å². The number of pyridine rings is 1. The molecule has 1 aromatic carbocycles. The summed E-state index contributed by atoms with van der Waals surface area (Å²) in [4.78, 5) is 4.90. The zero-order chi connectivity index (χ0) is 13.1. The largest absolute Gasteiger partial charge is 0.397 e. The van der Waals surface area contributed by atoms with E-state index in [1.807, 2.05) is 13.0 Å². The second-order valence-electron chi connectivity index (χ2n) is 3.77. The van der Waals surface area contributed by atoms with Crippen molar-refractivity contribution in [2.45, 2.75) is 17.6 Å². The van der Waals surface area contributed by atoms with Gasteiger partial charge in [0.2, 0.25) is 0 Å². The van der Waals surface area contributed by atoms with Crippen LogP contribution in [0.15, 0.2) is 41.3 Å². The van der Waals surface area contributed by atoms with Gasteiger partial charge in [0.1, 0.15) is 0 Å². The molecule has 0 fully saturated rings. The number of aryl methyl sites for hydroxylation is 1. The van der Waals surface area contributed by atoms with Gasteiger partial charge in [-0.3, -0.25) is 4.98 Å². The van der Waals surface area contributed by atoms with Crippen molar-refractivity contribution in [1.29, 1.82) is 0 Å². The Bertz CT molecular complexity index is 541. The number of rotatable bonds is 3. The summed E-state index contributed by atoms with van der Waals surface area (Å²) in [6.07, 6.45) is 0. The lowest BCUT2D eigenvalue weighted by atomic mass is 10.1. The predicted octanol–water partition coefficient (Wildman–Crippen LogP) is 3.95. The van der Waals surface area contributed by atoms with Crippen LogP contribution in [0.5, 0.6) is 0 Å². The summed E-state index contributed by atoms with van der Waals surface area (Å²) in [7, 11) is 0. The molecule has 1 heterocycles. The van der Waals surface area contributed by atoms with Gasteiger partial charge in [0.15, 0.2) is 0 Å². The molecule has 0 radical (unpaired) electrons. The molecule has 0 saturated carbocycles. The van der Waals surface area contributed by atoms with Crippen LogP contribution in [0.1, 0.15) is 5.69 Å². The van der Waals surface area contributed by atoms with Gasteiger partial charge in [0.05, 0.1) is 17.1 Å². The summed E-state index contributed by atoms with van der Waals surface area (Å²) in [6, 6.07) is 10.5. The summed E-state index contributed by atoms with van der Waals surface area (Å²) in [5.74, 6) is -2.40. The number of nitrogens with two attached hydrogens (primary N) is 1. The lowest BCUT2D eigenvalue weighted by Crippen LogP contribution is -1.94. The SMILES string of the molecule is Cc1nc(-c2ccc(SC(F)F)cc2)ccc1N.